The Kier molecular flexibility index (Phi) is 9.07. The van der Waals surface area contributed by atoms with Gasteiger partial charge in [-0.05, 0) is 55.6 Å². The van der Waals surface area contributed by atoms with E-state index in [4.69, 9.17) is 9.47 Å². The van der Waals surface area contributed by atoms with Gasteiger partial charge in [-0.1, -0.05) is 0 Å². The summed E-state index contributed by atoms with van der Waals surface area (Å²) in [6.07, 6.45) is -1.87. The third-order valence-electron chi connectivity index (χ3n) is 4.01. The molecule has 0 aromatic carbocycles. The van der Waals surface area contributed by atoms with Gasteiger partial charge < -0.3 is 9.47 Å². The van der Waals surface area contributed by atoms with Crippen LogP contribution >= 0.6 is 15.9 Å². The molecule has 0 saturated carbocycles. The smallest absolute Gasteiger partial charge is 0.389 e. The van der Waals surface area contributed by atoms with Gasteiger partial charge >= 0.3 is 6.18 Å². The van der Waals surface area contributed by atoms with Gasteiger partial charge in [0.1, 0.15) is 12.9 Å². The lowest BCUT2D eigenvalue weighted by molar-refractivity contribution is -0.136. The summed E-state index contributed by atoms with van der Waals surface area (Å²) in [7, 11) is -1.46. The molecule has 7 nitrogen and oxygen atoms in total. The van der Waals surface area contributed by atoms with Gasteiger partial charge in [0, 0.05) is 29.7 Å². The molecule has 30 heavy (non-hydrogen) atoms. The van der Waals surface area contributed by atoms with Crippen LogP contribution in [0.15, 0.2) is 23.1 Å². The van der Waals surface area contributed by atoms with Crippen molar-refractivity contribution in [1.29, 1.82) is 0 Å². The van der Waals surface area contributed by atoms with Crippen molar-refractivity contribution in [3.8, 4) is 5.75 Å². The molecule has 1 N–H and O–H groups in total. The second-order valence-electron chi connectivity index (χ2n) is 7.65. The zero-order valence-corrected chi connectivity index (χ0v) is 19.4. The molecular weight excluding hydrogens is 489 g/mol. The maximum atomic E-state index is 12.6. The standard InChI is InChI=1S/C18H26BrF3N4O3S/c1-17(2,3)30(27)25-14(4-6-18(20,21)22)5-7-28-8-9-29-15-10-13(19)11-26-16(15)23-12-24-26/h10-12,14,25H,4-9H2,1-3H3. The summed E-state index contributed by atoms with van der Waals surface area (Å²) in [5.41, 5.74) is 0.569. The number of hydrogen-bond acceptors (Lipinski definition) is 5. The van der Waals surface area contributed by atoms with E-state index in [0.717, 1.165) is 4.47 Å². The Morgan fingerprint density at radius 1 is 1.23 bits per heavy atom. The summed E-state index contributed by atoms with van der Waals surface area (Å²) >= 11 is 3.37. The lowest BCUT2D eigenvalue weighted by Gasteiger charge is -2.24. The highest BCUT2D eigenvalue weighted by atomic mass is 79.9. The van der Waals surface area contributed by atoms with Crippen molar-refractivity contribution < 1.29 is 26.9 Å². The molecule has 0 fully saturated rings. The summed E-state index contributed by atoms with van der Waals surface area (Å²) in [4.78, 5) is 4.12. The molecule has 0 spiro atoms. The molecule has 2 heterocycles. The van der Waals surface area contributed by atoms with E-state index in [-0.39, 0.29) is 26.2 Å². The summed E-state index contributed by atoms with van der Waals surface area (Å²) in [6.45, 7) is 6.00. The Bertz CT molecular complexity index is 842. The second-order valence-corrected chi connectivity index (χ2v) is 10.6. The van der Waals surface area contributed by atoms with E-state index in [1.54, 1.807) is 37.5 Å². The number of nitrogens with zero attached hydrogens (tertiary/aromatic N) is 3. The molecule has 2 unspecified atom stereocenters. The summed E-state index contributed by atoms with van der Waals surface area (Å²) < 4.78 is 65.8. The highest BCUT2D eigenvalue weighted by Crippen LogP contribution is 2.24. The minimum Gasteiger partial charge on any atom is -0.487 e. The maximum absolute atomic E-state index is 12.6. The Balaban J connectivity index is 1.78. The van der Waals surface area contributed by atoms with Crippen LogP contribution in [0.1, 0.15) is 40.0 Å². The summed E-state index contributed by atoms with van der Waals surface area (Å²) in [5, 5.41) is 4.05. The Labute approximate surface area is 184 Å². The lowest BCUT2D eigenvalue weighted by Crippen LogP contribution is -2.41. The number of nitrogens with one attached hydrogen (secondary N) is 1. The van der Waals surface area contributed by atoms with E-state index in [1.807, 2.05) is 0 Å². The summed E-state index contributed by atoms with van der Waals surface area (Å²) in [5.74, 6) is 0.538. The van der Waals surface area contributed by atoms with Gasteiger partial charge in [0.15, 0.2) is 11.4 Å². The SMILES string of the molecule is CC(C)(C)S(=O)NC(CCOCCOc1cc(Br)cn2ncnc12)CCC(F)(F)F. The first-order valence-corrected chi connectivity index (χ1v) is 11.3. The number of alkyl halides is 3. The summed E-state index contributed by atoms with van der Waals surface area (Å²) in [6, 6.07) is 1.21. The molecule has 0 amide bonds. The fourth-order valence-electron chi connectivity index (χ4n) is 2.44. The number of ether oxygens (including phenoxy) is 2. The van der Waals surface area contributed by atoms with Crippen molar-refractivity contribution in [2.75, 3.05) is 19.8 Å². The van der Waals surface area contributed by atoms with Crippen molar-refractivity contribution in [1.82, 2.24) is 19.3 Å². The fourth-order valence-corrected chi connectivity index (χ4v) is 3.73. The van der Waals surface area contributed by atoms with Gasteiger partial charge in [-0.15, -0.1) is 0 Å². The van der Waals surface area contributed by atoms with Crippen LogP contribution in [-0.2, 0) is 15.7 Å². The van der Waals surface area contributed by atoms with Crippen LogP contribution in [0, 0.1) is 0 Å². The van der Waals surface area contributed by atoms with E-state index in [1.165, 1.54) is 6.33 Å². The molecule has 0 aliphatic heterocycles. The molecule has 0 bridgehead atoms. The van der Waals surface area contributed by atoms with Crippen molar-refractivity contribution in [3.63, 3.8) is 0 Å². The van der Waals surface area contributed by atoms with Crippen LogP contribution in [0.2, 0.25) is 0 Å². The van der Waals surface area contributed by atoms with E-state index >= 15 is 0 Å². The lowest BCUT2D eigenvalue weighted by atomic mass is 10.1. The average molecular weight is 515 g/mol. The fraction of sp³-hybridized carbons (Fsp3) is 0.667. The predicted octanol–water partition coefficient (Wildman–Crippen LogP) is 4.04. The predicted molar refractivity (Wildman–Crippen MR) is 112 cm³/mol. The molecular formula is C18H26BrF3N4O3S. The molecule has 170 valence electrons. The Hall–Kier alpha value is -1.24. The number of aromatic nitrogens is 3. The molecule has 2 atom stereocenters. The van der Waals surface area contributed by atoms with Gasteiger partial charge in [-0.25, -0.2) is 18.4 Å². The first-order valence-electron chi connectivity index (χ1n) is 9.40. The minimum absolute atomic E-state index is 0.159. The highest BCUT2D eigenvalue weighted by molar-refractivity contribution is 9.10. The molecule has 0 saturated heterocycles. The molecule has 2 aromatic rings. The maximum Gasteiger partial charge on any atom is 0.389 e. The topological polar surface area (TPSA) is 77.8 Å². The van der Waals surface area contributed by atoms with Crippen molar-refractivity contribution in [2.24, 2.45) is 0 Å². The minimum atomic E-state index is -4.26. The van der Waals surface area contributed by atoms with Gasteiger partial charge in [0.25, 0.3) is 0 Å². The first kappa shape index (κ1) is 25.0. The van der Waals surface area contributed by atoms with Crippen LogP contribution in [0.5, 0.6) is 5.75 Å². The normalized spacial score (nSPS) is 14.8. The largest absolute Gasteiger partial charge is 0.487 e. The average Bonchev–Trinajstić information content (AvgIpc) is 3.08. The van der Waals surface area contributed by atoms with Crippen LogP contribution < -0.4 is 9.46 Å². The van der Waals surface area contributed by atoms with E-state index < -0.39 is 34.4 Å². The molecule has 2 rings (SSSR count). The third-order valence-corrected chi connectivity index (χ3v) is 6.10. The van der Waals surface area contributed by atoms with Gasteiger partial charge in [-0.3, -0.25) is 0 Å². The zero-order chi connectivity index (χ0) is 22.4. The van der Waals surface area contributed by atoms with Gasteiger partial charge in [0.2, 0.25) is 0 Å². The first-order chi connectivity index (χ1) is 14.0. The highest BCUT2D eigenvalue weighted by Gasteiger charge is 2.30. The second kappa shape index (κ2) is 10.9. The Morgan fingerprint density at radius 3 is 2.63 bits per heavy atom. The number of fused-ring (bicyclic) bond motifs is 1. The number of halogens is 4. The van der Waals surface area contributed by atoms with Crippen molar-refractivity contribution >= 4 is 32.6 Å². The van der Waals surface area contributed by atoms with Crippen LogP contribution in [0.4, 0.5) is 13.2 Å². The quantitative estimate of drug-likeness (QED) is 0.458. The third kappa shape index (κ3) is 8.48. The van der Waals surface area contributed by atoms with Gasteiger partial charge in [0.05, 0.1) is 22.3 Å². The van der Waals surface area contributed by atoms with Crippen molar-refractivity contribution in [2.45, 2.75) is 57.0 Å². The van der Waals surface area contributed by atoms with E-state index in [9.17, 15) is 17.4 Å². The molecule has 12 heteroatoms. The Morgan fingerprint density at radius 2 is 1.97 bits per heavy atom. The molecule has 0 aliphatic rings. The van der Waals surface area contributed by atoms with E-state index in [2.05, 4.69) is 30.7 Å². The molecule has 0 aliphatic carbocycles. The van der Waals surface area contributed by atoms with Crippen LogP contribution in [-0.4, -0.2) is 55.6 Å². The van der Waals surface area contributed by atoms with Crippen LogP contribution in [0.3, 0.4) is 0 Å². The number of hydrogen-bond donors (Lipinski definition) is 1. The molecule has 2 aromatic heterocycles. The number of rotatable bonds is 11. The number of pyridine rings is 1. The van der Waals surface area contributed by atoms with E-state index in [0.29, 0.717) is 17.8 Å². The molecule has 0 radical (unpaired) electrons. The van der Waals surface area contributed by atoms with Crippen molar-refractivity contribution in [3.05, 3.63) is 23.1 Å². The monoisotopic (exact) mass is 514 g/mol. The van der Waals surface area contributed by atoms with Crippen LogP contribution in [0.25, 0.3) is 5.65 Å². The zero-order valence-electron chi connectivity index (χ0n) is 17.0. The van der Waals surface area contributed by atoms with Gasteiger partial charge in [-0.2, -0.15) is 18.3 Å².